The van der Waals surface area contributed by atoms with Gasteiger partial charge in [-0.3, -0.25) is 14.3 Å². The summed E-state index contributed by atoms with van der Waals surface area (Å²) in [4.78, 5) is 15.3. The minimum atomic E-state index is -0.270. The summed E-state index contributed by atoms with van der Waals surface area (Å²) in [5, 5.41) is 32.4. The first kappa shape index (κ1) is 23.5. The minimum Gasteiger partial charge on any atom is -0.508 e. The van der Waals surface area contributed by atoms with E-state index >= 15 is 0 Å². The predicted molar refractivity (Wildman–Crippen MR) is 125 cm³/mol. The molecule has 1 aromatic carbocycles. The second kappa shape index (κ2) is 10.1. The van der Waals surface area contributed by atoms with Crippen molar-refractivity contribution in [2.24, 2.45) is 0 Å². The lowest BCUT2D eigenvalue weighted by atomic mass is 9.89. The normalized spacial score (nSPS) is 21.9. The van der Waals surface area contributed by atoms with E-state index in [9.17, 15) is 15.0 Å². The van der Waals surface area contributed by atoms with Crippen molar-refractivity contribution < 1.29 is 19.7 Å². The molecule has 1 aromatic heterocycles. The molecule has 1 aliphatic carbocycles. The van der Waals surface area contributed by atoms with Gasteiger partial charge in [0.2, 0.25) is 5.82 Å². The Morgan fingerprint density at radius 1 is 1.09 bits per heavy atom. The van der Waals surface area contributed by atoms with Crippen molar-refractivity contribution in [1.82, 2.24) is 25.0 Å². The van der Waals surface area contributed by atoms with Crippen LogP contribution in [0.25, 0.3) is 11.4 Å². The van der Waals surface area contributed by atoms with Gasteiger partial charge in [-0.05, 0) is 50.2 Å². The fourth-order valence-electron chi connectivity index (χ4n) is 5.08. The zero-order chi connectivity index (χ0) is 23.5. The Balaban J connectivity index is 1.68. The predicted octanol–water partition coefficient (Wildman–Crippen LogP) is 3.05. The van der Waals surface area contributed by atoms with Gasteiger partial charge in [0.05, 0.1) is 18.8 Å². The van der Waals surface area contributed by atoms with Crippen molar-refractivity contribution in [3.05, 3.63) is 23.5 Å². The van der Waals surface area contributed by atoms with Crippen LogP contribution in [-0.4, -0.2) is 74.7 Å². The SMILES string of the molecule is CCNC(=O)c1nnc(-c2cc(C(C)C)c(O)cc2O)n1C1CCC(N2CCOCC2)CC1. The third-order valence-corrected chi connectivity index (χ3v) is 6.84. The van der Waals surface area contributed by atoms with Gasteiger partial charge < -0.3 is 20.3 Å². The van der Waals surface area contributed by atoms with Crippen LogP contribution in [0, 0.1) is 0 Å². The second-order valence-electron chi connectivity index (χ2n) is 9.27. The number of aromatic nitrogens is 3. The van der Waals surface area contributed by atoms with Gasteiger partial charge in [-0.2, -0.15) is 0 Å². The van der Waals surface area contributed by atoms with Gasteiger partial charge in [0.15, 0.2) is 5.82 Å². The summed E-state index contributed by atoms with van der Waals surface area (Å²) in [6.07, 6.45) is 3.84. The van der Waals surface area contributed by atoms with Gasteiger partial charge in [-0.25, -0.2) is 0 Å². The molecule has 0 unspecified atom stereocenters. The first-order chi connectivity index (χ1) is 15.9. The molecule has 2 aromatic rings. The molecule has 180 valence electrons. The molecule has 2 fully saturated rings. The lowest BCUT2D eigenvalue weighted by molar-refractivity contribution is 0.00541. The number of aromatic hydroxyl groups is 2. The van der Waals surface area contributed by atoms with Gasteiger partial charge in [0, 0.05) is 37.8 Å². The number of benzene rings is 1. The number of carbonyl (C=O) groups excluding carboxylic acids is 1. The summed E-state index contributed by atoms with van der Waals surface area (Å²) < 4.78 is 7.40. The maximum atomic E-state index is 12.8. The average molecular weight is 458 g/mol. The Kier molecular flexibility index (Phi) is 7.19. The zero-order valence-corrected chi connectivity index (χ0v) is 19.8. The summed E-state index contributed by atoms with van der Waals surface area (Å²) in [7, 11) is 0. The third-order valence-electron chi connectivity index (χ3n) is 6.84. The van der Waals surface area contributed by atoms with Crippen LogP contribution < -0.4 is 5.32 Å². The number of nitrogens with one attached hydrogen (secondary N) is 1. The molecule has 9 nitrogen and oxygen atoms in total. The van der Waals surface area contributed by atoms with E-state index in [-0.39, 0.29) is 35.2 Å². The molecular formula is C24H35N5O4. The Bertz CT molecular complexity index is 975. The molecule has 1 saturated heterocycles. The number of ether oxygens (including phenoxy) is 1. The molecular weight excluding hydrogens is 422 g/mol. The topological polar surface area (TPSA) is 113 Å². The highest BCUT2D eigenvalue weighted by atomic mass is 16.5. The van der Waals surface area contributed by atoms with E-state index in [4.69, 9.17) is 4.74 Å². The highest BCUT2D eigenvalue weighted by Crippen LogP contribution is 2.40. The maximum Gasteiger partial charge on any atom is 0.289 e. The fourth-order valence-corrected chi connectivity index (χ4v) is 5.08. The molecule has 33 heavy (non-hydrogen) atoms. The number of rotatable bonds is 6. The molecule has 1 amide bonds. The molecule has 0 atom stereocenters. The molecule has 0 radical (unpaired) electrons. The number of morpholine rings is 1. The molecule has 2 heterocycles. The second-order valence-corrected chi connectivity index (χ2v) is 9.27. The van der Waals surface area contributed by atoms with Gasteiger partial charge in [0.25, 0.3) is 5.91 Å². The van der Waals surface area contributed by atoms with E-state index in [1.165, 1.54) is 6.07 Å². The number of phenols is 2. The van der Waals surface area contributed by atoms with E-state index in [1.54, 1.807) is 6.07 Å². The number of phenolic OH excluding ortho intramolecular Hbond substituents is 2. The van der Waals surface area contributed by atoms with E-state index in [1.807, 2.05) is 25.3 Å². The zero-order valence-electron chi connectivity index (χ0n) is 19.8. The standard InChI is InChI=1S/C24H35N5O4/c1-4-25-24(32)23-27-26-22(19-13-18(15(2)3)20(30)14-21(19)31)29(23)17-7-5-16(6-8-17)28-9-11-33-12-10-28/h13-17,30-31H,4-12H2,1-3H3,(H,25,32). The number of hydrogen-bond donors (Lipinski definition) is 3. The molecule has 1 aliphatic heterocycles. The molecule has 9 heteroatoms. The van der Waals surface area contributed by atoms with Crippen LogP contribution in [0.3, 0.4) is 0 Å². The van der Waals surface area contributed by atoms with Crippen LogP contribution in [0.15, 0.2) is 12.1 Å². The Labute approximate surface area is 194 Å². The number of amides is 1. The molecule has 0 spiro atoms. The van der Waals surface area contributed by atoms with Crippen molar-refractivity contribution in [3.8, 4) is 22.9 Å². The third kappa shape index (κ3) is 4.84. The Morgan fingerprint density at radius 2 is 1.76 bits per heavy atom. The van der Waals surface area contributed by atoms with E-state index in [0.717, 1.165) is 52.0 Å². The minimum absolute atomic E-state index is 0.0484. The van der Waals surface area contributed by atoms with Crippen LogP contribution in [0.2, 0.25) is 0 Å². The first-order valence-electron chi connectivity index (χ1n) is 12.0. The lowest BCUT2D eigenvalue weighted by Crippen LogP contribution is -2.45. The van der Waals surface area contributed by atoms with Crippen molar-refractivity contribution in [3.63, 3.8) is 0 Å². The van der Waals surface area contributed by atoms with Gasteiger partial charge in [0.1, 0.15) is 11.5 Å². The molecule has 2 aliphatic rings. The van der Waals surface area contributed by atoms with Crippen molar-refractivity contribution >= 4 is 5.91 Å². The maximum absolute atomic E-state index is 12.8. The largest absolute Gasteiger partial charge is 0.508 e. The van der Waals surface area contributed by atoms with Crippen molar-refractivity contribution in [2.45, 2.75) is 64.5 Å². The summed E-state index contributed by atoms with van der Waals surface area (Å²) in [5.74, 6) is 0.495. The smallest absolute Gasteiger partial charge is 0.289 e. The van der Waals surface area contributed by atoms with Crippen LogP contribution in [-0.2, 0) is 4.74 Å². The highest BCUT2D eigenvalue weighted by molar-refractivity contribution is 5.91. The highest BCUT2D eigenvalue weighted by Gasteiger charge is 2.32. The number of hydrogen-bond acceptors (Lipinski definition) is 7. The van der Waals surface area contributed by atoms with Crippen LogP contribution in [0.4, 0.5) is 0 Å². The fraction of sp³-hybridized carbons (Fsp3) is 0.625. The van der Waals surface area contributed by atoms with E-state index in [0.29, 0.717) is 29.5 Å². The van der Waals surface area contributed by atoms with Gasteiger partial charge in [-0.15, -0.1) is 10.2 Å². The van der Waals surface area contributed by atoms with Gasteiger partial charge in [-0.1, -0.05) is 13.8 Å². The van der Waals surface area contributed by atoms with Crippen LogP contribution in [0.5, 0.6) is 11.5 Å². The van der Waals surface area contributed by atoms with Crippen molar-refractivity contribution in [1.29, 1.82) is 0 Å². The molecule has 1 saturated carbocycles. The Morgan fingerprint density at radius 3 is 2.39 bits per heavy atom. The monoisotopic (exact) mass is 457 g/mol. The molecule has 0 bridgehead atoms. The first-order valence-corrected chi connectivity index (χ1v) is 12.0. The summed E-state index contributed by atoms with van der Waals surface area (Å²) in [6, 6.07) is 3.69. The van der Waals surface area contributed by atoms with E-state index < -0.39 is 0 Å². The number of nitrogens with zero attached hydrogens (tertiary/aromatic N) is 4. The quantitative estimate of drug-likeness (QED) is 0.611. The molecule has 4 rings (SSSR count). The average Bonchev–Trinajstić information content (AvgIpc) is 3.25. The summed E-state index contributed by atoms with van der Waals surface area (Å²) in [5.41, 5.74) is 1.20. The van der Waals surface area contributed by atoms with Crippen LogP contribution >= 0.6 is 0 Å². The lowest BCUT2D eigenvalue weighted by Gasteiger charge is -2.39. The molecule has 3 N–H and O–H groups in total. The Hall–Kier alpha value is -2.65. The van der Waals surface area contributed by atoms with Crippen molar-refractivity contribution in [2.75, 3.05) is 32.8 Å². The van der Waals surface area contributed by atoms with Gasteiger partial charge >= 0.3 is 0 Å². The number of carbonyl (C=O) groups is 1. The summed E-state index contributed by atoms with van der Waals surface area (Å²) >= 11 is 0. The summed E-state index contributed by atoms with van der Waals surface area (Å²) in [6.45, 7) is 9.83. The van der Waals surface area contributed by atoms with Crippen LogP contribution in [0.1, 0.15) is 74.6 Å². The van der Waals surface area contributed by atoms with E-state index in [2.05, 4.69) is 20.4 Å².